The highest BCUT2D eigenvalue weighted by molar-refractivity contribution is 8.00. The number of thioether (sulfide) groups is 2. The first-order valence-electron chi connectivity index (χ1n) is 11.5. The fourth-order valence-corrected chi connectivity index (χ4v) is 6.12. The summed E-state index contributed by atoms with van der Waals surface area (Å²) in [6.45, 7) is 6.27. The van der Waals surface area contributed by atoms with Gasteiger partial charge in [-0.05, 0) is 36.6 Å². The van der Waals surface area contributed by atoms with Crippen LogP contribution >= 0.6 is 34.9 Å². The number of carbonyl (C=O) groups is 1. The van der Waals surface area contributed by atoms with Gasteiger partial charge in [-0.25, -0.2) is 0 Å². The Labute approximate surface area is 218 Å². The number of para-hydroxylation sites is 1. The molecular formula is C25H28N6OS3. The van der Waals surface area contributed by atoms with Gasteiger partial charge >= 0.3 is 0 Å². The molecule has 2 aromatic heterocycles. The highest BCUT2D eigenvalue weighted by Gasteiger charge is 2.24. The van der Waals surface area contributed by atoms with Gasteiger partial charge in [-0.15, -0.1) is 32.2 Å². The summed E-state index contributed by atoms with van der Waals surface area (Å²) in [5.74, 6) is 1.89. The molecule has 0 radical (unpaired) electrons. The van der Waals surface area contributed by atoms with E-state index in [1.165, 1.54) is 28.0 Å². The number of aromatic nitrogens is 5. The largest absolute Gasteiger partial charge is 0.300 e. The van der Waals surface area contributed by atoms with Crippen molar-refractivity contribution in [1.82, 2.24) is 25.0 Å². The average molecular weight is 525 g/mol. The molecule has 1 atom stereocenters. The first-order valence-corrected chi connectivity index (χ1v) is 14.2. The predicted molar refractivity (Wildman–Crippen MR) is 144 cm³/mol. The maximum Gasteiger partial charge on any atom is 0.239 e. The van der Waals surface area contributed by atoms with E-state index in [2.05, 4.69) is 51.7 Å². The molecule has 0 spiro atoms. The van der Waals surface area contributed by atoms with E-state index in [0.717, 1.165) is 22.9 Å². The van der Waals surface area contributed by atoms with Crippen LogP contribution in [0.2, 0.25) is 0 Å². The molecule has 0 saturated carbocycles. The summed E-state index contributed by atoms with van der Waals surface area (Å²) >= 11 is 4.56. The average Bonchev–Trinajstić information content (AvgIpc) is 3.48. The van der Waals surface area contributed by atoms with Gasteiger partial charge in [0.05, 0.1) is 11.0 Å². The number of rotatable bonds is 11. The molecule has 0 aliphatic heterocycles. The lowest BCUT2D eigenvalue weighted by Gasteiger charge is -2.15. The SMILES string of the molecule is CCC(Sc1nnc(CSc2ccccc2)n1-c1ccccc1)C(=O)Nc1nnc(CC(C)C)s1. The Hall–Kier alpha value is -2.69. The van der Waals surface area contributed by atoms with E-state index in [4.69, 9.17) is 0 Å². The van der Waals surface area contributed by atoms with Crippen LogP contribution in [-0.2, 0) is 17.0 Å². The Bertz CT molecular complexity index is 1230. The highest BCUT2D eigenvalue weighted by atomic mass is 32.2. The topological polar surface area (TPSA) is 85.6 Å². The Balaban J connectivity index is 1.52. The minimum atomic E-state index is -0.339. The summed E-state index contributed by atoms with van der Waals surface area (Å²) in [7, 11) is 0. The molecule has 1 unspecified atom stereocenters. The molecule has 0 bridgehead atoms. The van der Waals surface area contributed by atoms with Crippen LogP contribution in [0.4, 0.5) is 5.13 Å². The van der Waals surface area contributed by atoms with Crippen molar-refractivity contribution in [1.29, 1.82) is 0 Å². The highest BCUT2D eigenvalue weighted by Crippen LogP contribution is 2.31. The maximum absolute atomic E-state index is 13.1. The molecule has 0 aliphatic rings. The minimum Gasteiger partial charge on any atom is -0.300 e. The van der Waals surface area contributed by atoms with Crippen molar-refractivity contribution in [3.8, 4) is 5.69 Å². The molecule has 0 aliphatic carbocycles. The standard InChI is InChI=1S/C25H28N6OS3/c1-4-20(23(32)26-24-29-28-22(35-24)15-17(2)3)34-25-30-27-21(16-33-19-13-9-6-10-14-19)31(25)18-11-7-5-8-12-18/h5-14,17,20H,4,15-16H2,1-3H3,(H,26,29,32). The van der Waals surface area contributed by atoms with Gasteiger partial charge in [0.25, 0.3) is 0 Å². The first-order chi connectivity index (χ1) is 17.0. The smallest absolute Gasteiger partial charge is 0.239 e. The van der Waals surface area contributed by atoms with Crippen LogP contribution in [0.3, 0.4) is 0 Å². The molecule has 2 aromatic carbocycles. The van der Waals surface area contributed by atoms with E-state index in [0.29, 0.717) is 28.4 Å². The van der Waals surface area contributed by atoms with Crippen molar-refractivity contribution in [2.75, 3.05) is 5.32 Å². The molecule has 7 nitrogen and oxygen atoms in total. The molecule has 2 heterocycles. The van der Waals surface area contributed by atoms with E-state index in [9.17, 15) is 4.79 Å². The lowest BCUT2D eigenvalue weighted by molar-refractivity contribution is -0.115. The molecule has 1 amide bonds. The van der Waals surface area contributed by atoms with Gasteiger partial charge in [-0.2, -0.15) is 0 Å². The fraction of sp³-hybridized carbons (Fsp3) is 0.320. The van der Waals surface area contributed by atoms with E-state index in [1.807, 2.05) is 60.0 Å². The number of amides is 1. The van der Waals surface area contributed by atoms with E-state index in [-0.39, 0.29) is 11.2 Å². The summed E-state index contributed by atoms with van der Waals surface area (Å²) in [6.07, 6.45) is 1.49. The molecule has 1 N–H and O–H groups in total. The second-order valence-corrected chi connectivity index (χ2v) is 11.6. The van der Waals surface area contributed by atoms with Crippen LogP contribution in [0.1, 0.15) is 38.0 Å². The van der Waals surface area contributed by atoms with Crippen molar-refractivity contribution < 1.29 is 4.79 Å². The van der Waals surface area contributed by atoms with Crippen molar-refractivity contribution in [3.05, 3.63) is 71.5 Å². The zero-order valence-electron chi connectivity index (χ0n) is 19.9. The third-order valence-electron chi connectivity index (χ3n) is 5.02. The van der Waals surface area contributed by atoms with Crippen LogP contribution < -0.4 is 5.32 Å². The van der Waals surface area contributed by atoms with Gasteiger partial charge in [0.15, 0.2) is 5.16 Å². The fourth-order valence-electron chi connectivity index (χ4n) is 3.34. The van der Waals surface area contributed by atoms with Gasteiger partial charge in [-0.3, -0.25) is 14.7 Å². The summed E-state index contributed by atoms with van der Waals surface area (Å²) in [5, 5.41) is 22.1. The van der Waals surface area contributed by atoms with Crippen LogP contribution in [0.15, 0.2) is 70.7 Å². The Kier molecular flexibility index (Phi) is 8.95. The number of hydrogen-bond donors (Lipinski definition) is 1. The normalized spacial score (nSPS) is 12.1. The lowest BCUT2D eigenvalue weighted by atomic mass is 10.1. The molecule has 182 valence electrons. The maximum atomic E-state index is 13.1. The zero-order chi connectivity index (χ0) is 24.6. The molecule has 10 heteroatoms. The Morgan fingerprint density at radius 2 is 1.71 bits per heavy atom. The summed E-state index contributed by atoms with van der Waals surface area (Å²) in [4.78, 5) is 14.3. The molecule has 4 rings (SSSR count). The van der Waals surface area contributed by atoms with Crippen LogP contribution in [-0.4, -0.2) is 36.1 Å². The Morgan fingerprint density at radius 3 is 2.40 bits per heavy atom. The van der Waals surface area contributed by atoms with Gasteiger partial charge in [-0.1, -0.05) is 80.3 Å². The van der Waals surface area contributed by atoms with Crippen molar-refractivity contribution in [2.24, 2.45) is 5.92 Å². The number of nitrogens with zero attached hydrogens (tertiary/aromatic N) is 5. The van der Waals surface area contributed by atoms with Gasteiger partial charge in [0.2, 0.25) is 11.0 Å². The molecule has 0 fully saturated rings. The van der Waals surface area contributed by atoms with Gasteiger partial charge in [0, 0.05) is 17.0 Å². The first kappa shape index (κ1) is 25.4. The molecule has 4 aromatic rings. The van der Waals surface area contributed by atoms with Crippen molar-refractivity contribution in [3.63, 3.8) is 0 Å². The van der Waals surface area contributed by atoms with Crippen molar-refractivity contribution >= 4 is 45.9 Å². The molecule has 0 saturated heterocycles. The summed E-state index contributed by atoms with van der Waals surface area (Å²) in [5.41, 5.74) is 0.973. The van der Waals surface area contributed by atoms with Crippen LogP contribution in [0.25, 0.3) is 5.69 Å². The van der Waals surface area contributed by atoms with E-state index in [1.54, 1.807) is 11.8 Å². The van der Waals surface area contributed by atoms with Gasteiger partial charge in [0.1, 0.15) is 10.8 Å². The van der Waals surface area contributed by atoms with E-state index < -0.39 is 0 Å². The second kappa shape index (κ2) is 12.3. The summed E-state index contributed by atoms with van der Waals surface area (Å²) in [6, 6.07) is 20.3. The summed E-state index contributed by atoms with van der Waals surface area (Å²) < 4.78 is 2.04. The number of carbonyl (C=O) groups excluding carboxylic acids is 1. The lowest BCUT2D eigenvalue weighted by Crippen LogP contribution is -2.25. The second-order valence-electron chi connectivity index (χ2n) is 8.27. The molecular weight excluding hydrogens is 497 g/mol. The Morgan fingerprint density at radius 1 is 1.00 bits per heavy atom. The molecule has 35 heavy (non-hydrogen) atoms. The van der Waals surface area contributed by atoms with E-state index >= 15 is 0 Å². The quantitative estimate of drug-likeness (QED) is 0.237. The number of nitrogens with one attached hydrogen (secondary N) is 1. The predicted octanol–water partition coefficient (Wildman–Crippen LogP) is 6.12. The van der Waals surface area contributed by atoms with Crippen LogP contribution in [0, 0.1) is 5.92 Å². The number of hydrogen-bond acceptors (Lipinski definition) is 8. The minimum absolute atomic E-state index is 0.104. The number of benzene rings is 2. The third-order valence-corrected chi connectivity index (χ3v) is 8.19. The van der Waals surface area contributed by atoms with Crippen LogP contribution in [0.5, 0.6) is 0 Å². The van der Waals surface area contributed by atoms with Crippen molar-refractivity contribution in [2.45, 2.75) is 54.7 Å². The van der Waals surface area contributed by atoms with Gasteiger partial charge < -0.3 is 0 Å². The third kappa shape index (κ3) is 6.93. The number of anilines is 1. The zero-order valence-corrected chi connectivity index (χ0v) is 22.4. The monoisotopic (exact) mass is 524 g/mol.